The molecule has 0 aliphatic heterocycles. The van der Waals surface area contributed by atoms with Crippen LogP contribution >= 0.6 is 7.82 Å². The Bertz CT molecular complexity index is 872. The van der Waals surface area contributed by atoms with Crippen molar-refractivity contribution >= 4 is 25.7 Å². The second-order valence-electron chi connectivity index (χ2n) is 6.52. The fraction of sp³-hybridized carbons (Fsp3) is 0.750. The molecule has 0 aromatic rings. The van der Waals surface area contributed by atoms with Gasteiger partial charge in [0.15, 0.2) is 0 Å². The number of carboxylic acids is 3. The number of phosphoric acid groups is 1. The molecule has 0 aromatic heterocycles. The van der Waals surface area contributed by atoms with Crippen molar-refractivity contribution in [2.75, 3.05) is 0 Å². The number of rotatable bonds is 3. The molecule has 0 aliphatic rings. The zero-order valence-corrected chi connectivity index (χ0v) is 20.8. The molecular formula is C12H8F18LiO13P. The molecule has 8 N–H and O–H groups in total. The molecule has 0 saturated carbocycles. The maximum atomic E-state index is 11.5. The van der Waals surface area contributed by atoms with Crippen molar-refractivity contribution in [1.82, 2.24) is 0 Å². The van der Waals surface area contributed by atoms with Crippen molar-refractivity contribution in [3.05, 3.63) is 0 Å². The summed E-state index contributed by atoms with van der Waals surface area (Å²) in [6.45, 7) is 0. The largest absolute Gasteiger partial charge is 1.00 e. The first-order chi connectivity index (χ1) is 18.3. The molecule has 0 fully saturated rings. The van der Waals surface area contributed by atoms with Crippen LogP contribution in [0.25, 0.3) is 0 Å². The van der Waals surface area contributed by atoms with Crippen molar-refractivity contribution in [2.24, 2.45) is 0 Å². The average Bonchev–Trinajstić information content (AvgIpc) is 2.65. The van der Waals surface area contributed by atoms with E-state index in [4.69, 9.17) is 49.9 Å². The smallest absolute Gasteiger partial charge is 0.756 e. The van der Waals surface area contributed by atoms with Crippen molar-refractivity contribution in [3.63, 3.8) is 0 Å². The maximum Gasteiger partial charge on any atom is 1.00 e. The third kappa shape index (κ3) is 13.6. The monoisotopic (exact) mass is 740 g/mol. The van der Waals surface area contributed by atoms with Gasteiger partial charge in [-0.15, -0.1) is 0 Å². The fourth-order valence-electron chi connectivity index (χ4n) is 1.21. The second-order valence-corrected chi connectivity index (χ2v) is 7.50. The van der Waals surface area contributed by atoms with Crippen molar-refractivity contribution in [2.45, 2.75) is 53.9 Å². The Kier molecular flexibility index (Phi) is 18.1. The summed E-state index contributed by atoms with van der Waals surface area (Å²) < 4.78 is 216. The summed E-state index contributed by atoms with van der Waals surface area (Å²) in [5, 5.41) is 46.6. The van der Waals surface area contributed by atoms with Gasteiger partial charge in [0, 0.05) is 0 Å². The van der Waals surface area contributed by atoms with Crippen LogP contribution in [0, 0.1) is 0 Å². The van der Waals surface area contributed by atoms with Crippen LogP contribution in [0.1, 0.15) is 0 Å². The van der Waals surface area contributed by atoms with E-state index in [9.17, 15) is 93.4 Å². The van der Waals surface area contributed by atoms with Gasteiger partial charge in [-0.1, -0.05) is 0 Å². The maximum absolute atomic E-state index is 11.5. The topological polar surface area (TPSA) is 253 Å². The van der Waals surface area contributed by atoms with E-state index >= 15 is 0 Å². The van der Waals surface area contributed by atoms with E-state index in [2.05, 4.69) is 0 Å². The van der Waals surface area contributed by atoms with Gasteiger partial charge < -0.3 is 45.3 Å². The summed E-state index contributed by atoms with van der Waals surface area (Å²) in [7, 11) is -4.89. The number of alkyl halides is 18. The van der Waals surface area contributed by atoms with Crippen LogP contribution in [0.15, 0.2) is 0 Å². The van der Waals surface area contributed by atoms with E-state index in [-0.39, 0.29) is 18.9 Å². The molecule has 13 nitrogen and oxygen atoms in total. The quantitative estimate of drug-likeness (QED) is 0.0907. The van der Waals surface area contributed by atoms with Gasteiger partial charge in [-0.2, -0.15) is 79.0 Å². The minimum absolute atomic E-state index is 0. The molecule has 0 heterocycles. The van der Waals surface area contributed by atoms with Crippen LogP contribution < -0.4 is 23.8 Å². The Morgan fingerprint density at radius 3 is 0.489 bits per heavy atom. The molecule has 45 heavy (non-hydrogen) atoms. The number of carboxylic acid groups (broad SMARTS) is 3. The standard InChI is InChI=1S/3C4H2F6O3.Li.H3O4P/c3*5-3(6,7)2(13,1(11)12)4(8,9)10;;1-5(2,3)4/h3*13H,(H,11,12);;(H3,1,2,3,4)/q;;;+1;/p-1. The summed E-state index contributed by atoms with van der Waals surface area (Å²) >= 11 is 0. The van der Waals surface area contributed by atoms with E-state index in [1.807, 2.05) is 0 Å². The van der Waals surface area contributed by atoms with E-state index in [0.717, 1.165) is 0 Å². The van der Waals surface area contributed by atoms with Crippen molar-refractivity contribution in [1.29, 1.82) is 0 Å². The van der Waals surface area contributed by atoms with Gasteiger partial charge in [0.2, 0.25) is 0 Å². The fourth-order valence-corrected chi connectivity index (χ4v) is 1.21. The first-order valence-corrected chi connectivity index (χ1v) is 9.90. The van der Waals surface area contributed by atoms with E-state index in [1.165, 1.54) is 0 Å². The number of hydrogen-bond acceptors (Lipinski definition) is 8. The van der Waals surface area contributed by atoms with Crippen LogP contribution in [-0.2, 0) is 18.9 Å². The molecule has 0 saturated heterocycles. The van der Waals surface area contributed by atoms with Crippen LogP contribution in [-0.4, -0.2) is 112 Å². The second kappa shape index (κ2) is 15.6. The molecule has 0 atom stereocenters. The predicted molar refractivity (Wildman–Crippen MR) is 86.1 cm³/mol. The first-order valence-electron chi connectivity index (χ1n) is 8.37. The molecule has 0 spiro atoms. The predicted octanol–water partition coefficient (Wildman–Crippen LogP) is -1.78. The zero-order chi connectivity index (χ0) is 37.7. The molecule has 0 aliphatic carbocycles. The average molecular weight is 740 g/mol. The van der Waals surface area contributed by atoms with Gasteiger partial charge in [0.25, 0.3) is 7.82 Å². The van der Waals surface area contributed by atoms with E-state index < -0.39 is 79.6 Å². The number of aliphatic carboxylic acids is 3. The molecule has 0 radical (unpaired) electrons. The Balaban J connectivity index is -0.000000163. The van der Waals surface area contributed by atoms with Crippen molar-refractivity contribution in [3.8, 4) is 0 Å². The number of hydrogen-bond donors (Lipinski definition) is 8. The van der Waals surface area contributed by atoms with Gasteiger partial charge in [0.1, 0.15) is 0 Å². The van der Waals surface area contributed by atoms with Crippen LogP contribution in [0.4, 0.5) is 79.0 Å². The van der Waals surface area contributed by atoms with E-state index in [1.54, 1.807) is 0 Å². The Morgan fingerprint density at radius 2 is 0.489 bits per heavy atom. The molecule has 0 rings (SSSR count). The van der Waals surface area contributed by atoms with Gasteiger partial charge in [0.05, 0.1) is 0 Å². The molecule has 0 amide bonds. The molecule has 0 aromatic carbocycles. The summed E-state index contributed by atoms with van der Waals surface area (Å²) in [5.41, 5.74) is -17.1. The zero-order valence-electron chi connectivity index (χ0n) is 19.9. The third-order valence-electron chi connectivity index (χ3n) is 3.39. The van der Waals surface area contributed by atoms with Gasteiger partial charge >= 0.3 is 90.6 Å². The van der Waals surface area contributed by atoms with Crippen LogP contribution in [0.3, 0.4) is 0 Å². The summed E-state index contributed by atoms with van der Waals surface area (Å²) in [4.78, 5) is 51.8. The number of carbonyl (C=O) groups is 3. The summed E-state index contributed by atoms with van der Waals surface area (Å²) in [6.07, 6.45) is -37.9. The minimum atomic E-state index is -6.31. The first kappa shape index (κ1) is 52.3. The molecular weight excluding hydrogens is 732 g/mol. The summed E-state index contributed by atoms with van der Waals surface area (Å²) in [6, 6.07) is 0. The minimum Gasteiger partial charge on any atom is -0.756 e. The molecule has 0 unspecified atom stereocenters. The van der Waals surface area contributed by atoms with E-state index in [0.29, 0.717) is 0 Å². The Morgan fingerprint density at radius 1 is 0.422 bits per heavy atom. The SMILES string of the molecule is O=C(O)C(O)(C(F)(F)F)C(F)(F)F.O=C(O)C(O)(C(F)(F)F)C(F)(F)F.O=C(O)C(O)(C(F)(F)F)C(F)(F)F.O=P([O-])(O)O.[Li+]. The molecule has 33 heteroatoms. The molecule has 0 bridgehead atoms. The third-order valence-corrected chi connectivity index (χ3v) is 3.39. The Labute approximate surface area is 242 Å². The number of halogens is 18. The van der Waals surface area contributed by atoms with Crippen LogP contribution in [0.2, 0.25) is 0 Å². The van der Waals surface area contributed by atoms with Gasteiger partial charge in [-0.05, 0) is 0 Å². The van der Waals surface area contributed by atoms with Gasteiger partial charge in [-0.3, -0.25) is 4.57 Å². The van der Waals surface area contributed by atoms with Crippen LogP contribution in [0.5, 0.6) is 0 Å². The molecule has 266 valence electrons. The van der Waals surface area contributed by atoms with Gasteiger partial charge in [-0.25, -0.2) is 14.4 Å². The van der Waals surface area contributed by atoms with Crippen molar-refractivity contribution < 1.29 is 162 Å². The summed E-state index contributed by atoms with van der Waals surface area (Å²) in [5.74, 6) is -10.2. The Hall–Kier alpha value is -2.26. The normalized spacial score (nSPS) is 13.8. The number of aliphatic hydroxyl groups is 3.